The molecule has 3 nitrogen and oxygen atoms in total. The molecule has 0 aliphatic rings. The summed E-state index contributed by atoms with van der Waals surface area (Å²) >= 11 is 6.36. The fraction of sp³-hybridized carbons (Fsp3) is 0.188. The molecule has 0 radical (unpaired) electrons. The number of rotatable bonds is 4. The van der Waals surface area contributed by atoms with E-state index in [-0.39, 0.29) is 6.04 Å². The van der Waals surface area contributed by atoms with Crippen LogP contribution in [-0.2, 0) is 0 Å². The molecule has 20 heavy (non-hydrogen) atoms. The number of nitrogens with one attached hydrogen (secondary N) is 1. The molecule has 1 aromatic carbocycles. The molecule has 1 atom stereocenters. The van der Waals surface area contributed by atoms with Crippen molar-refractivity contribution in [3.63, 3.8) is 0 Å². The van der Waals surface area contributed by atoms with E-state index in [1.165, 1.54) is 0 Å². The van der Waals surface area contributed by atoms with Gasteiger partial charge in [0.05, 0.1) is 17.8 Å². The van der Waals surface area contributed by atoms with E-state index in [1.807, 2.05) is 47.2 Å². The first-order valence-corrected chi connectivity index (χ1v) is 7.09. The minimum absolute atomic E-state index is 0.0496. The van der Waals surface area contributed by atoms with Gasteiger partial charge in [-0.25, -0.2) is 4.52 Å². The molecule has 0 saturated heterocycles. The van der Waals surface area contributed by atoms with Gasteiger partial charge >= 0.3 is 0 Å². The molecule has 1 N–H and O–H groups in total. The third kappa shape index (κ3) is 2.30. The lowest BCUT2D eigenvalue weighted by atomic mass is 10.00. The van der Waals surface area contributed by atoms with Crippen LogP contribution in [0.25, 0.3) is 5.52 Å². The summed E-state index contributed by atoms with van der Waals surface area (Å²) in [5.74, 6) is 0. The third-order valence-corrected chi connectivity index (χ3v) is 3.74. The van der Waals surface area contributed by atoms with Crippen molar-refractivity contribution in [1.82, 2.24) is 14.9 Å². The second-order valence-corrected chi connectivity index (χ2v) is 5.05. The second kappa shape index (κ2) is 5.65. The summed E-state index contributed by atoms with van der Waals surface area (Å²) in [5.41, 5.74) is 3.31. The zero-order chi connectivity index (χ0) is 13.9. The Hall–Kier alpha value is -1.84. The number of benzene rings is 1. The molecular weight excluding hydrogens is 270 g/mol. The van der Waals surface area contributed by atoms with Gasteiger partial charge in [0, 0.05) is 16.8 Å². The van der Waals surface area contributed by atoms with Crippen LogP contribution in [0.15, 0.2) is 54.9 Å². The second-order valence-electron chi connectivity index (χ2n) is 4.64. The van der Waals surface area contributed by atoms with E-state index in [0.717, 1.165) is 28.2 Å². The van der Waals surface area contributed by atoms with Crippen LogP contribution >= 0.6 is 11.6 Å². The van der Waals surface area contributed by atoms with Gasteiger partial charge in [0.25, 0.3) is 0 Å². The predicted octanol–water partition coefficient (Wildman–Crippen LogP) is 3.69. The van der Waals surface area contributed by atoms with E-state index in [1.54, 1.807) is 0 Å². The van der Waals surface area contributed by atoms with Crippen LogP contribution in [0.1, 0.15) is 24.1 Å². The smallest absolute Gasteiger partial charge is 0.0712 e. The van der Waals surface area contributed by atoms with Gasteiger partial charge in [-0.1, -0.05) is 42.8 Å². The molecule has 0 spiro atoms. The maximum atomic E-state index is 6.36. The summed E-state index contributed by atoms with van der Waals surface area (Å²) in [6, 6.07) is 14.1. The summed E-state index contributed by atoms with van der Waals surface area (Å²) < 4.78 is 1.89. The Morgan fingerprint density at radius 1 is 1.15 bits per heavy atom. The summed E-state index contributed by atoms with van der Waals surface area (Å²) in [6.07, 6.45) is 3.86. The van der Waals surface area contributed by atoms with E-state index < -0.39 is 0 Å². The fourth-order valence-corrected chi connectivity index (χ4v) is 2.72. The van der Waals surface area contributed by atoms with Crippen molar-refractivity contribution in [2.75, 3.05) is 6.54 Å². The number of fused-ring (bicyclic) bond motifs is 1. The van der Waals surface area contributed by atoms with Gasteiger partial charge in [-0.3, -0.25) is 0 Å². The number of pyridine rings is 1. The first kappa shape index (κ1) is 13.2. The highest BCUT2D eigenvalue weighted by Gasteiger charge is 2.19. The molecule has 4 heteroatoms. The van der Waals surface area contributed by atoms with E-state index in [9.17, 15) is 0 Å². The number of hydrogen-bond donors (Lipinski definition) is 1. The molecule has 0 bridgehead atoms. The van der Waals surface area contributed by atoms with Gasteiger partial charge in [0.1, 0.15) is 0 Å². The lowest BCUT2D eigenvalue weighted by molar-refractivity contribution is 0.634. The topological polar surface area (TPSA) is 29.3 Å². The van der Waals surface area contributed by atoms with Gasteiger partial charge < -0.3 is 5.32 Å². The minimum atomic E-state index is 0.0496. The quantitative estimate of drug-likeness (QED) is 0.792. The largest absolute Gasteiger partial charge is 0.306 e. The summed E-state index contributed by atoms with van der Waals surface area (Å²) in [4.78, 5) is 0. The number of hydrogen-bond acceptors (Lipinski definition) is 2. The van der Waals surface area contributed by atoms with Crippen molar-refractivity contribution in [3.05, 3.63) is 71.0 Å². The molecule has 0 aliphatic heterocycles. The average Bonchev–Trinajstić information content (AvgIpc) is 2.90. The van der Waals surface area contributed by atoms with Crippen LogP contribution in [0.3, 0.4) is 0 Å². The summed E-state index contributed by atoms with van der Waals surface area (Å²) in [6.45, 7) is 2.95. The summed E-state index contributed by atoms with van der Waals surface area (Å²) in [5, 5.41) is 8.68. The zero-order valence-electron chi connectivity index (χ0n) is 11.3. The standard InChI is InChI=1S/C16H16ClN3/c1-2-18-16(12-7-3-4-8-14(12)17)13-11-19-20-10-6-5-9-15(13)20/h3-11,16,18H,2H2,1H3. The van der Waals surface area contributed by atoms with Crippen molar-refractivity contribution >= 4 is 17.1 Å². The molecule has 0 aliphatic carbocycles. The highest BCUT2D eigenvalue weighted by Crippen LogP contribution is 2.30. The lowest BCUT2D eigenvalue weighted by Gasteiger charge is -2.18. The molecular formula is C16H16ClN3. The van der Waals surface area contributed by atoms with Crippen LogP contribution < -0.4 is 5.32 Å². The van der Waals surface area contributed by atoms with Gasteiger partial charge in [-0.05, 0) is 30.3 Å². The molecule has 0 saturated carbocycles. The Bertz CT molecular complexity index is 720. The molecule has 3 aromatic rings. The van der Waals surface area contributed by atoms with Crippen molar-refractivity contribution in [3.8, 4) is 0 Å². The lowest BCUT2D eigenvalue weighted by Crippen LogP contribution is -2.22. The van der Waals surface area contributed by atoms with Crippen LogP contribution in [0, 0.1) is 0 Å². The average molecular weight is 286 g/mol. The van der Waals surface area contributed by atoms with E-state index in [2.05, 4.69) is 29.5 Å². The number of nitrogens with zero attached hydrogens (tertiary/aromatic N) is 2. The first-order chi connectivity index (χ1) is 9.81. The Morgan fingerprint density at radius 3 is 2.75 bits per heavy atom. The predicted molar refractivity (Wildman–Crippen MR) is 82.2 cm³/mol. The third-order valence-electron chi connectivity index (χ3n) is 3.39. The maximum Gasteiger partial charge on any atom is 0.0712 e. The highest BCUT2D eigenvalue weighted by molar-refractivity contribution is 6.31. The van der Waals surface area contributed by atoms with Crippen molar-refractivity contribution in [2.24, 2.45) is 0 Å². The Labute approximate surface area is 123 Å². The SMILES string of the molecule is CCNC(c1ccccc1Cl)c1cnn2ccccc12. The molecule has 102 valence electrons. The van der Waals surface area contributed by atoms with Crippen molar-refractivity contribution < 1.29 is 0 Å². The molecule has 0 fully saturated rings. The Kier molecular flexibility index (Phi) is 3.72. The van der Waals surface area contributed by atoms with Gasteiger partial charge in [-0.2, -0.15) is 5.10 Å². The molecule has 0 amide bonds. The molecule has 2 aromatic heterocycles. The number of aromatic nitrogens is 2. The van der Waals surface area contributed by atoms with Crippen molar-refractivity contribution in [2.45, 2.75) is 13.0 Å². The number of halogens is 1. The fourth-order valence-electron chi connectivity index (χ4n) is 2.48. The van der Waals surface area contributed by atoms with Gasteiger partial charge in [0.2, 0.25) is 0 Å². The van der Waals surface area contributed by atoms with Gasteiger partial charge in [0.15, 0.2) is 0 Å². The van der Waals surface area contributed by atoms with E-state index >= 15 is 0 Å². The van der Waals surface area contributed by atoms with Crippen LogP contribution in [0.4, 0.5) is 0 Å². The van der Waals surface area contributed by atoms with Gasteiger partial charge in [-0.15, -0.1) is 0 Å². The Balaban J connectivity index is 2.14. The van der Waals surface area contributed by atoms with Crippen LogP contribution in [-0.4, -0.2) is 16.2 Å². The first-order valence-electron chi connectivity index (χ1n) is 6.71. The summed E-state index contributed by atoms with van der Waals surface area (Å²) in [7, 11) is 0. The molecule has 1 unspecified atom stereocenters. The maximum absolute atomic E-state index is 6.36. The van der Waals surface area contributed by atoms with Crippen LogP contribution in [0.2, 0.25) is 5.02 Å². The normalized spacial score (nSPS) is 12.7. The minimum Gasteiger partial charge on any atom is -0.306 e. The Morgan fingerprint density at radius 2 is 1.95 bits per heavy atom. The highest BCUT2D eigenvalue weighted by atomic mass is 35.5. The monoisotopic (exact) mass is 285 g/mol. The van der Waals surface area contributed by atoms with Crippen molar-refractivity contribution in [1.29, 1.82) is 0 Å². The van der Waals surface area contributed by atoms with E-state index in [0.29, 0.717) is 0 Å². The molecule has 3 rings (SSSR count). The van der Waals surface area contributed by atoms with Crippen LogP contribution in [0.5, 0.6) is 0 Å². The van der Waals surface area contributed by atoms with E-state index in [4.69, 9.17) is 11.6 Å². The molecule has 2 heterocycles. The zero-order valence-corrected chi connectivity index (χ0v) is 12.0.